The van der Waals surface area contributed by atoms with Gasteiger partial charge in [-0.1, -0.05) is 29.8 Å². The number of fused-ring (bicyclic) bond motifs is 2. The van der Waals surface area contributed by atoms with Gasteiger partial charge in [0, 0.05) is 30.2 Å². The van der Waals surface area contributed by atoms with Gasteiger partial charge in [0.05, 0.1) is 0 Å². The summed E-state index contributed by atoms with van der Waals surface area (Å²) in [6.07, 6.45) is 5.26. The van der Waals surface area contributed by atoms with Crippen LogP contribution in [0.25, 0.3) is 0 Å². The minimum Gasteiger partial charge on any atom is -0.324 e. The van der Waals surface area contributed by atoms with Crippen molar-refractivity contribution in [3.63, 3.8) is 0 Å². The van der Waals surface area contributed by atoms with Crippen molar-refractivity contribution in [2.75, 3.05) is 13.1 Å². The molecule has 0 aromatic heterocycles. The van der Waals surface area contributed by atoms with E-state index in [1.165, 1.54) is 25.8 Å². The lowest BCUT2D eigenvalue weighted by Gasteiger charge is -2.28. The Balaban J connectivity index is 1.56. The first-order valence-corrected chi connectivity index (χ1v) is 7.36. The van der Waals surface area contributed by atoms with Crippen LogP contribution in [0.2, 0.25) is 5.02 Å². The van der Waals surface area contributed by atoms with Crippen LogP contribution in [-0.4, -0.2) is 24.0 Å². The third kappa shape index (κ3) is 2.42. The summed E-state index contributed by atoms with van der Waals surface area (Å²) in [7, 11) is 0. The number of piperidine rings is 1. The molecular weight excluding hydrogens is 244 g/mol. The van der Waals surface area contributed by atoms with E-state index < -0.39 is 0 Å². The van der Waals surface area contributed by atoms with Crippen LogP contribution in [0.1, 0.15) is 37.3 Å². The van der Waals surface area contributed by atoms with Crippen LogP contribution in [0.4, 0.5) is 0 Å². The van der Waals surface area contributed by atoms with Gasteiger partial charge < -0.3 is 10.6 Å². The molecule has 3 atom stereocenters. The number of rotatable bonds is 4. The largest absolute Gasteiger partial charge is 0.324 e. The molecule has 3 heteroatoms. The fourth-order valence-corrected chi connectivity index (χ4v) is 3.81. The summed E-state index contributed by atoms with van der Waals surface area (Å²) in [4.78, 5) is 2.63. The van der Waals surface area contributed by atoms with Crippen molar-refractivity contribution >= 4 is 11.6 Å². The zero-order valence-electron chi connectivity index (χ0n) is 10.7. The summed E-state index contributed by atoms with van der Waals surface area (Å²) in [5.41, 5.74) is 7.35. The molecule has 3 unspecified atom stereocenters. The lowest BCUT2D eigenvalue weighted by Crippen LogP contribution is -2.34. The second kappa shape index (κ2) is 5.20. The molecule has 1 aliphatic heterocycles. The fraction of sp³-hybridized carbons (Fsp3) is 0.600. The highest BCUT2D eigenvalue weighted by Gasteiger charge is 2.37. The minimum absolute atomic E-state index is 0.0674. The fourth-order valence-electron chi connectivity index (χ4n) is 3.54. The molecule has 2 bridgehead atoms. The van der Waals surface area contributed by atoms with Crippen LogP contribution in [0.5, 0.6) is 0 Å². The Labute approximate surface area is 114 Å². The molecule has 2 fully saturated rings. The van der Waals surface area contributed by atoms with Crippen molar-refractivity contribution in [1.82, 2.24) is 4.90 Å². The Morgan fingerprint density at radius 2 is 2.17 bits per heavy atom. The number of hydrogen-bond donors (Lipinski definition) is 1. The highest BCUT2D eigenvalue weighted by molar-refractivity contribution is 6.31. The molecule has 0 spiro atoms. The van der Waals surface area contributed by atoms with Crippen LogP contribution in [0, 0.1) is 5.92 Å². The molecule has 3 rings (SSSR count). The Morgan fingerprint density at radius 3 is 2.83 bits per heavy atom. The molecule has 98 valence electrons. The molecule has 1 saturated heterocycles. The molecule has 0 radical (unpaired) electrons. The Morgan fingerprint density at radius 1 is 1.33 bits per heavy atom. The smallest absolute Gasteiger partial charge is 0.0453 e. The van der Waals surface area contributed by atoms with Gasteiger partial charge in [-0.15, -0.1) is 0 Å². The van der Waals surface area contributed by atoms with Gasteiger partial charge in [0.2, 0.25) is 0 Å². The van der Waals surface area contributed by atoms with E-state index >= 15 is 0 Å². The number of hydrogen-bond acceptors (Lipinski definition) is 2. The van der Waals surface area contributed by atoms with Gasteiger partial charge in [0.1, 0.15) is 0 Å². The van der Waals surface area contributed by atoms with Gasteiger partial charge in [-0.3, -0.25) is 0 Å². The standard InChI is InChI=1S/C15H21ClN2/c16-14-4-2-1-3-13(14)15(17)7-8-18-10-11-5-6-12(18)9-11/h1-4,11-12,15H,5-10,17H2. The second-order valence-electron chi connectivity index (χ2n) is 5.74. The van der Waals surface area contributed by atoms with Gasteiger partial charge in [-0.05, 0) is 43.2 Å². The maximum absolute atomic E-state index is 6.26. The zero-order chi connectivity index (χ0) is 12.5. The molecule has 2 nitrogen and oxygen atoms in total. The molecule has 1 aromatic carbocycles. The normalized spacial score (nSPS) is 28.8. The van der Waals surface area contributed by atoms with E-state index in [1.54, 1.807) is 0 Å². The first-order chi connectivity index (χ1) is 8.74. The molecule has 18 heavy (non-hydrogen) atoms. The molecular formula is C15H21ClN2. The van der Waals surface area contributed by atoms with Crippen LogP contribution >= 0.6 is 11.6 Å². The molecule has 1 heterocycles. The molecule has 1 aromatic rings. The Hall–Kier alpha value is -0.570. The van der Waals surface area contributed by atoms with Crippen molar-refractivity contribution < 1.29 is 0 Å². The summed E-state index contributed by atoms with van der Waals surface area (Å²) < 4.78 is 0. The van der Waals surface area contributed by atoms with Crippen molar-refractivity contribution in [1.29, 1.82) is 0 Å². The van der Waals surface area contributed by atoms with Gasteiger partial charge in [-0.2, -0.15) is 0 Å². The van der Waals surface area contributed by atoms with E-state index in [2.05, 4.69) is 4.90 Å². The van der Waals surface area contributed by atoms with Crippen molar-refractivity contribution in [3.05, 3.63) is 34.9 Å². The topological polar surface area (TPSA) is 29.3 Å². The highest BCUT2D eigenvalue weighted by atomic mass is 35.5. The third-order valence-electron chi connectivity index (χ3n) is 4.55. The highest BCUT2D eigenvalue weighted by Crippen LogP contribution is 2.37. The summed E-state index contributed by atoms with van der Waals surface area (Å²) in [5, 5.41) is 0.799. The Bertz CT molecular complexity index is 421. The molecule has 1 saturated carbocycles. The summed E-state index contributed by atoms with van der Waals surface area (Å²) in [6, 6.07) is 8.85. The SMILES string of the molecule is NC(CCN1CC2CCC1C2)c1ccccc1Cl. The quantitative estimate of drug-likeness (QED) is 0.905. The zero-order valence-corrected chi connectivity index (χ0v) is 11.4. The number of nitrogens with zero attached hydrogens (tertiary/aromatic N) is 1. The van der Waals surface area contributed by atoms with E-state index in [0.717, 1.165) is 35.5 Å². The summed E-state index contributed by atoms with van der Waals surface area (Å²) >= 11 is 6.18. The predicted octanol–water partition coefficient (Wildman–Crippen LogP) is 3.21. The molecule has 2 aliphatic rings. The van der Waals surface area contributed by atoms with Crippen molar-refractivity contribution in [2.45, 2.75) is 37.8 Å². The van der Waals surface area contributed by atoms with E-state index in [9.17, 15) is 0 Å². The average Bonchev–Trinajstić information content (AvgIpc) is 2.98. The maximum Gasteiger partial charge on any atom is 0.0453 e. The first-order valence-electron chi connectivity index (χ1n) is 6.98. The molecule has 0 amide bonds. The van der Waals surface area contributed by atoms with Crippen LogP contribution in [0.15, 0.2) is 24.3 Å². The second-order valence-corrected chi connectivity index (χ2v) is 6.15. The van der Waals surface area contributed by atoms with Crippen LogP contribution < -0.4 is 5.73 Å². The number of halogens is 1. The lowest BCUT2D eigenvalue weighted by molar-refractivity contribution is 0.206. The van der Waals surface area contributed by atoms with Gasteiger partial charge in [-0.25, -0.2) is 0 Å². The van der Waals surface area contributed by atoms with E-state index in [4.69, 9.17) is 17.3 Å². The first kappa shape index (κ1) is 12.5. The van der Waals surface area contributed by atoms with Crippen molar-refractivity contribution in [2.24, 2.45) is 11.7 Å². The third-order valence-corrected chi connectivity index (χ3v) is 4.90. The van der Waals surface area contributed by atoms with Gasteiger partial charge >= 0.3 is 0 Å². The monoisotopic (exact) mass is 264 g/mol. The van der Waals surface area contributed by atoms with E-state index in [-0.39, 0.29) is 6.04 Å². The number of benzene rings is 1. The van der Waals surface area contributed by atoms with Crippen molar-refractivity contribution in [3.8, 4) is 0 Å². The van der Waals surface area contributed by atoms with E-state index in [0.29, 0.717) is 0 Å². The average molecular weight is 265 g/mol. The molecule has 1 aliphatic carbocycles. The molecule has 2 N–H and O–H groups in total. The minimum atomic E-state index is 0.0674. The van der Waals surface area contributed by atoms with E-state index in [1.807, 2.05) is 24.3 Å². The van der Waals surface area contributed by atoms with Gasteiger partial charge in [0.25, 0.3) is 0 Å². The van der Waals surface area contributed by atoms with Gasteiger partial charge in [0.15, 0.2) is 0 Å². The number of nitrogens with two attached hydrogens (primary N) is 1. The van der Waals surface area contributed by atoms with Crippen LogP contribution in [0.3, 0.4) is 0 Å². The predicted molar refractivity (Wildman–Crippen MR) is 75.7 cm³/mol. The summed E-state index contributed by atoms with van der Waals surface area (Å²) in [5.74, 6) is 0.964. The lowest BCUT2D eigenvalue weighted by atomic mass is 10.0. The van der Waals surface area contributed by atoms with Crippen LogP contribution in [-0.2, 0) is 0 Å². The maximum atomic E-state index is 6.26. The number of likely N-dealkylation sites (tertiary alicyclic amines) is 1. The Kier molecular flexibility index (Phi) is 3.60. The summed E-state index contributed by atoms with van der Waals surface area (Å²) in [6.45, 7) is 2.41.